The average molecular weight is 125 g/mol. The van der Waals surface area contributed by atoms with Gasteiger partial charge in [-0.2, -0.15) is 0 Å². The van der Waals surface area contributed by atoms with Crippen molar-refractivity contribution in [3.63, 3.8) is 0 Å². The van der Waals surface area contributed by atoms with Crippen LogP contribution in [0.25, 0.3) is 0 Å². The quantitative estimate of drug-likeness (QED) is 0.595. The summed E-state index contributed by atoms with van der Waals surface area (Å²) in [5.74, 6) is 0. The van der Waals surface area contributed by atoms with Gasteiger partial charge in [-0.05, 0) is 25.5 Å². The normalized spacial score (nSPS) is 18.6. The minimum atomic E-state index is 1.17. The van der Waals surface area contributed by atoms with Crippen LogP contribution in [0.4, 0.5) is 0 Å². The number of hydrogen-bond donors (Lipinski definition) is 1. The molecule has 0 unspecified atom stereocenters. The summed E-state index contributed by atoms with van der Waals surface area (Å²) in [6.07, 6.45) is 7.40. The van der Waals surface area contributed by atoms with Gasteiger partial charge in [0.25, 0.3) is 0 Å². The molecule has 0 aliphatic carbocycles. The van der Waals surface area contributed by atoms with E-state index in [4.69, 9.17) is 0 Å². The van der Waals surface area contributed by atoms with Crippen LogP contribution in [0, 0.1) is 0 Å². The van der Waals surface area contributed by atoms with Crippen molar-refractivity contribution < 1.29 is 0 Å². The average Bonchev–Trinajstić information content (AvgIpc) is 1.91. The third-order valence-electron chi connectivity index (χ3n) is 1.70. The molecule has 0 fully saturated rings. The molecule has 0 aromatic heterocycles. The fourth-order valence-electron chi connectivity index (χ4n) is 1.22. The predicted octanol–water partition coefficient (Wildman–Crippen LogP) is 2.05. The molecule has 1 aliphatic rings. The van der Waals surface area contributed by atoms with Crippen LogP contribution < -0.4 is 5.32 Å². The summed E-state index contributed by atoms with van der Waals surface area (Å²) in [5, 5.41) is 3.26. The molecule has 1 rings (SSSR count). The Morgan fingerprint density at radius 1 is 1.67 bits per heavy atom. The van der Waals surface area contributed by atoms with E-state index in [1.807, 2.05) is 0 Å². The maximum absolute atomic E-state index is 3.26. The largest absolute Gasteiger partial charge is 0.391 e. The van der Waals surface area contributed by atoms with E-state index < -0.39 is 0 Å². The van der Waals surface area contributed by atoms with Crippen molar-refractivity contribution in [3.8, 4) is 0 Å². The fraction of sp³-hybridized carbons (Fsp3) is 0.750. The predicted molar refractivity (Wildman–Crippen MR) is 40.2 cm³/mol. The Morgan fingerprint density at radius 2 is 2.56 bits per heavy atom. The van der Waals surface area contributed by atoms with Gasteiger partial charge in [0.15, 0.2) is 0 Å². The summed E-state index contributed by atoms with van der Waals surface area (Å²) in [4.78, 5) is 0. The number of allylic oxidation sites excluding steroid dienone is 1. The van der Waals surface area contributed by atoms with Gasteiger partial charge >= 0.3 is 0 Å². The van der Waals surface area contributed by atoms with Gasteiger partial charge in [0.05, 0.1) is 0 Å². The van der Waals surface area contributed by atoms with Gasteiger partial charge in [-0.25, -0.2) is 0 Å². The molecule has 1 N–H and O–H groups in total. The highest BCUT2D eigenvalue weighted by Crippen LogP contribution is 2.13. The molecule has 0 aromatic carbocycles. The van der Waals surface area contributed by atoms with Crippen molar-refractivity contribution in [1.82, 2.24) is 5.32 Å². The monoisotopic (exact) mass is 125 g/mol. The standard InChI is InChI=1S/C8H15N/c1-2-4-8-5-3-6-9-7-8/h7,9H,2-6H2,1H3. The molecule has 1 heteroatoms. The van der Waals surface area contributed by atoms with Gasteiger partial charge in [-0.1, -0.05) is 18.9 Å². The lowest BCUT2D eigenvalue weighted by molar-refractivity contribution is 0.667. The Labute approximate surface area is 57.1 Å². The minimum absolute atomic E-state index is 1.17. The smallest absolute Gasteiger partial charge is 0.0144 e. The summed E-state index contributed by atoms with van der Waals surface area (Å²) in [5.41, 5.74) is 1.60. The zero-order chi connectivity index (χ0) is 6.53. The summed E-state index contributed by atoms with van der Waals surface area (Å²) in [7, 11) is 0. The molecule has 52 valence electrons. The maximum Gasteiger partial charge on any atom is 0.0144 e. The number of rotatable bonds is 2. The van der Waals surface area contributed by atoms with E-state index in [1.165, 1.54) is 32.2 Å². The first-order valence-corrected chi connectivity index (χ1v) is 3.85. The molecule has 0 saturated carbocycles. The highest BCUT2D eigenvalue weighted by Gasteiger charge is 1.99. The van der Waals surface area contributed by atoms with Crippen LogP contribution >= 0.6 is 0 Å². The minimum Gasteiger partial charge on any atom is -0.391 e. The van der Waals surface area contributed by atoms with Gasteiger partial charge in [-0.3, -0.25) is 0 Å². The fourth-order valence-corrected chi connectivity index (χ4v) is 1.22. The van der Waals surface area contributed by atoms with Crippen molar-refractivity contribution in [2.24, 2.45) is 0 Å². The van der Waals surface area contributed by atoms with Crippen LogP contribution in [0.2, 0.25) is 0 Å². The Hall–Kier alpha value is -0.460. The molecule has 1 nitrogen and oxygen atoms in total. The lowest BCUT2D eigenvalue weighted by Gasteiger charge is -2.12. The second-order valence-corrected chi connectivity index (χ2v) is 2.61. The maximum atomic E-state index is 3.26. The highest BCUT2D eigenvalue weighted by atomic mass is 14.8. The third kappa shape index (κ3) is 2.08. The third-order valence-corrected chi connectivity index (χ3v) is 1.70. The molecule has 1 aliphatic heterocycles. The molecule has 0 amide bonds. The molecule has 0 atom stereocenters. The van der Waals surface area contributed by atoms with Crippen molar-refractivity contribution in [2.45, 2.75) is 32.6 Å². The van der Waals surface area contributed by atoms with E-state index in [-0.39, 0.29) is 0 Å². The van der Waals surface area contributed by atoms with E-state index in [0.29, 0.717) is 0 Å². The summed E-state index contributed by atoms with van der Waals surface area (Å²) >= 11 is 0. The first kappa shape index (κ1) is 6.66. The van der Waals surface area contributed by atoms with Crippen LogP contribution in [0.15, 0.2) is 11.8 Å². The lowest BCUT2D eigenvalue weighted by Crippen LogP contribution is -2.13. The van der Waals surface area contributed by atoms with Crippen LogP contribution in [0.1, 0.15) is 32.6 Å². The van der Waals surface area contributed by atoms with Crippen molar-refractivity contribution in [1.29, 1.82) is 0 Å². The number of hydrogen-bond acceptors (Lipinski definition) is 1. The van der Waals surface area contributed by atoms with E-state index in [0.717, 1.165) is 0 Å². The zero-order valence-electron chi connectivity index (χ0n) is 6.11. The van der Waals surface area contributed by atoms with Gasteiger partial charge in [0.2, 0.25) is 0 Å². The Morgan fingerprint density at radius 3 is 3.11 bits per heavy atom. The Bertz CT molecular complexity index is 105. The number of nitrogens with one attached hydrogen (secondary N) is 1. The van der Waals surface area contributed by atoms with Gasteiger partial charge in [0, 0.05) is 6.54 Å². The van der Waals surface area contributed by atoms with Crippen LogP contribution in [-0.4, -0.2) is 6.54 Å². The SMILES string of the molecule is CCCC1=CNCCC1. The van der Waals surface area contributed by atoms with Crippen LogP contribution in [0.3, 0.4) is 0 Å². The van der Waals surface area contributed by atoms with Crippen LogP contribution in [-0.2, 0) is 0 Å². The van der Waals surface area contributed by atoms with Crippen molar-refractivity contribution >= 4 is 0 Å². The van der Waals surface area contributed by atoms with Gasteiger partial charge < -0.3 is 5.32 Å². The zero-order valence-corrected chi connectivity index (χ0v) is 6.11. The summed E-state index contributed by atoms with van der Waals surface area (Å²) in [6, 6.07) is 0. The van der Waals surface area contributed by atoms with Gasteiger partial charge in [-0.15, -0.1) is 0 Å². The second-order valence-electron chi connectivity index (χ2n) is 2.61. The molecule has 0 radical (unpaired) electrons. The van der Waals surface area contributed by atoms with E-state index in [2.05, 4.69) is 18.4 Å². The van der Waals surface area contributed by atoms with E-state index >= 15 is 0 Å². The highest BCUT2D eigenvalue weighted by molar-refractivity contribution is 5.03. The van der Waals surface area contributed by atoms with Crippen LogP contribution in [0.5, 0.6) is 0 Å². The molecular formula is C8H15N. The molecular weight excluding hydrogens is 110 g/mol. The first-order chi connectivity index (χ1) is 4.43. The lowest BCUT2D eigenvalue weighted by atomic mass is 10.0. The molecule has 0 spiro atoms. The molecule has 9 heavy (non-hydrogen) atoms. The first-order valence-electron chi connectivity index (χ1n) is 3.85. The summed E-state index contributed by atoms with van der Waals surface area (Å²) < 4.78 is 0. The summed E-state index contributed by atoms with van der Waals surface area (Å²) in [6.45, 7) is 3.41. The van der Waals surface area contributed by atoms with E-state index in [9.17, 15) is 0 Å². The van der Waals surface area contributed by atoms with Crippen molar-refractivity contribution in [2.75, 3.05) is 6.54 Å². The molecule has 0 bridgehead atoms. The topological polar surface area (TPSA) is 12.0 Å². The molecule has 0 aromatic rings. The van der Waals surface area contributed by atoms with E-state index in [1.54, 1.807) is 5.57 Å². The second kappa shape index (κ2) is 3.54. The Balaban J connectivity index is 2.28. The Kier molecular flexibility index (Phi) is 2.62. The molecule has 0 saturated heterocycles. The van der Waals surface area contributed by atoms with Crippen molar-refractivity contribution in [3.05, 3.63) is 11.8 Å². The van der Waals surface area contributed by atoms with Gasteiger partial charge in [0.1, 0.15) is 0 Å². The molecule has 1 heterocycles.